The molecule has 4 rings (SSSR count). The second-order valence-electron chi connectivity index (χ2n) is 9.43. The lowest BCUT2D eigenvalue weighted by atomic mass is 10.0. The van der Waals surface area contributed by atoms with E-state index in [0.29, 0.717) is 6.04 Å². The van der Waals surface area contributed by atoms with Crippen LogP contribution in [0, 0.1) is 6.92 Å². The topological polar surface area (TPSA) is 55.8 Å². The Balaban J connectivity index is 1.27. The first kappa shape index (κ1) is 23.6. The number of aromatic nitrogens is 1. The van der Waals surface area contributed by atoms with E-state index in [-0.39, 0.29) is 0 Å². The van der Waals surface area contributed by atoms with Crippen LogP contribution in [-0.2, 0) is 13.1 Å². The van der Waals surface area contributed by atoms with E-state index in [1.807, 2.05) is 7.05 Å². The number of nitrogens with one attached hydrogen (secondary N) is 2. The van der Waals surface area contributed by atoms with E-state index < -0.39 is 0 Å². The molecular weight excluding hydrogens is 408 g/mol. The van der Waals surface area contributed by atoms with Crippen LogP contribution in [0.5, 0.6) is 0 Å². The molecule has 0 bridgehead atoms. The number of aryl methyl sites for hydroxylation is 1. The monoisotopic (exact) mass is 448 g/mol. The predicted octanol–water partition coefficient (Wildman–Crippen LogP) is 4.10. The maximum absolute atomic E-state index is 4.68. The summed E-state index contributed by atoms with van der Waals surface area (Å²) in [5, 5.41) is 7.22. The highest BCUT2D eigenvalue weighted by molar-refractivity contribution is 5.80. The first-order valence-corrected chi connectivity index (χ1v) is 12.7. The lowest BCUT2D eigenvalue weighted by Crippen LogP contribution is -2.48. The lowest BCUT2D eigenvalue weighted by molar-refractivity contribution is 0.276. The molecule has 2 N–H and O–H groups in total. The third-order valence-corrected chi connectivity index (χ3v) is 6.91. The largest absolute Gasteiger partial charge is 0.356 e. The van der Waals surface area contributed by atoms with Crippen molar-refractivity contribution in [3.8, 4) is 0 Å². The molecule has 2 aromatic rings. The Kier molecular flexibility index (Phi) is 8.59. The fourth-order valence-corrected chi connectivity index (χ4v) is 4.94. The molecule has 2 aliphatic heterocycles. The van der Waals surface area contributed by atoms with Gasteiger partial charge in [0.15, 0.2) is 5.96 Å². The van der Waals surface area contributed by atoms with E-state index in [4.69, 9.17) is 0 Å². The highest BCUT2D eigenvalue weighted by atomic mass is 15.2. The molecule has 0 spiro atoms. The van der Waals surface area contributed by atoms with Crippen molar-refractivity contribution >= 4 is 11.8 Å². The Morgan fingerprint density at radius 3 is 2.36 bits per heavy atom. The number of guanidine groups is 1. The highest BCUT2D eigenvalue weighted by Crippen LogP contribution is 2.19. The molecule has 0 atom stereocenters. The predicted molar refractivity (Wildman–Crippen MR) is 138 cm³/mol. The fraction of sp³-hybridized carbons (Fsp3) is 0.556. The van der Waals surface area contributed by atoms with Gasteiger partial charge in [-0.2, -0.15) is 0 Å². The summed E-state index contributed by atoms with van der Waals surface area (Å²) in [6.45, 7) is 8.39. The van der Waals surface area contributed by atoms with Crippen molar-refractivity contribution in [2.24, 2.45) is 4.99 Å². The number of likely N-dealkylation sites (tertiary alicyclic amines) is 1. The van der Waals surface area contributed by atoms with E-state index in [1.54, 1.807) is 0 Å². The van der Waals surface area contributed by atoms with Gasteiger partial charge in [-0.1, -0.05) is 43.2 Å². The quantitative estimate of drug-likeness (QED) is 0.515. The molecule has 2 saturated heterocycles. The zero-order chi connectivity index (χ0) is 22.9. The molecule has 1 aromatic heterocycles. The van der Waals surface area contributed by atoms with Crippen molar-refractivity contribution < 1.29 is 0 Å². The van der Waals surface area contributed by atoms with Gasteiger partial charge in [0.1, 0.15) is 5.82 Å². The number of anilines is 1. The summed E-state index contributed by atoms with van der Waals surface area (Å²) in [6, 6.07) is 15.6. The van der Waals surface area contributed by atoms with E-state index in [2.05, 4.69) is 79.8 Å². The van der Waals surface area contributed by atoms with Gasteiger partial charge >= 0.3 is 0 Å². The molecule has 2 aliphatic rings. The van der Waals surface area contributed by atoms with Gasteiger partial charge in [0.2, 0.25) is 0 Å². The minimum absolute atomic E-state index is 0.435. The first-order chi connectivity index (χ1) is 16.2. The number of piperidine rings is 1. The third kappa shape index (κ3) is 6.94. The number of pyridine rings is 1. The SMILES string of the molecule is CN=C(NCc1ccccc1CN1CCCCCC1)NC1CCN(c2cccc(C)n2)CC1. The molecule has 0 saturated carbocycles. The van der Waals surface area contributed by atoms with E-state index in [1.165, 1.54) is 49.9 Å². The average Bonchev–Trinajstić information content (AvgIpc) is 3.12. The van der Waals surface area contributed by atoms with Gasteiger partial charge in [-0.05, 0) is 69.0 Å². The van der Waals surface area contributed by atoms with Crippen molar-refractivity contribution in [3.05, 3.63) is 59.3 Å². The number of hydrogen-bond donors (Lipinski definition) is 2. The van der Waals surface area contributed by atoms with Gasteiger partial charge in [-0.3, -0.25) is 9.89 Å². The van der Waals surface area contributed by atoms with Gasteiger partial charge in [0, 0.05) is 45.0 Å². The zero-order valence-corrected chi connectivity index (χ0v) is 20.4. The Morgan fingerprint density at radius 2 is 1.67 bits per heavy atom. The molecule has 178 valence electrons. The van der Waals surface area contributed by atoms with Crippen molar-refractivity contribution in [1.29, 1.82) is 0 Å². The number of aliphatic imine (C=N–C) groups is 1. The van der Waals surface area contributed by atoms with Crippen LogP contribution < -0.4 is 15.5 Å². The molecule has 3 heterocycles. The van der Waals surface area contributed by atoms with Crippen LogP contribution in [0.25, 0.3) is 0 Å². The Labute approximate surface area is 199 Å². The molecule has 0 aliphatic carbocycles. The summed E-state index contributed by atoms with van der Waals surface area (Å²) in [5.41, 5.74) is 3.87. The van der Waals surface area contributed by atoms with Crippen molar-refractivity contribution in [2.45, 2.75) is 64.6 Å². The summed E-state index contributed by atoms with van der Waals surface area (Å²) in [4.78, 5) is 14.2. The summed E-state index contributed by atoms with van der Waals surface area (Å²) in [5.74, 6) is 1.99. The molecule has 1 aromatic carbocycles. The first-order valence-electron chi connectivity index (χ1n) is 12.7. The Bertz CT molecular complexity index is 895. The number of nitrogens with zero attached hydrogens (tertiary/aromatic N) is 4. The smallest absolute Gasteiger partial charge is 0.191 e. The number of rotatable bonds is 6. The van der Waals surface area contributed by atoms with Crippen LogP contribution in [0.4, 0.5) is 5.82 Å². The van der Waals surface area contributed by atoms with Crippen LogP contribution in [0.15, 0.2) is 47.5 Å². The average molecular weight is 449 g/mol. The minimum Gasteiger partial charge on any atom is -0.356 e. The van der Waals surface area contributed by atoms with Crippen LogP contribution in [0.1, 0.15) is 55.3 Å². The summed E-state index contributed by atoms with van der Waals surface area (Å²) >= 11 is 0. The van der Waals surface area contributed by atoms with Crippen LogP contribution in [0.3, 0.4) is 0 Å². The van der Waals surface area contributed by atoms with Gasteiger partial charge in [-0.25, -0.2) is 4.98 Å². The standard InChI is InChI=1S/C27H40N6/c1-22-10-9-13-26(30-22)33-18-14-25(15-19-33)31-27(28-2)29-20-23-11-5-6-12-24(23)21-32-16-7-3-4-8-17-32/h5-6,9-13,25H,3-4,7-8,14-21H2,1-2H3,(H2,28,29,31). The molecular formula is C27H40N6. The minimum atomic E-state index is 0.435. The highest BCUT2D eigenvalue weighted by Gasteiger charge is 2.21. The van der Waals surface area contributed by atoms with Crippen LogP contribution >= 0.6 is 0 Å². The molecule has 6 nitrogen and oxygen atoms in total. The molecule has 0 unspecified atom stereocenters. The van der Waals surface area contributed by atoms with E-state index >= 15 is 0 Å². The molecule has 6 heteroatoms. The summed E-state index contributed by atoms with van der Waals surface area (Å²) in [6.07, 6.45) is 7.58. The Hall–Kier alpha value is -2.60. The van der Waals surface area contributed by atoms with Crippen molar-refractivity contribution in [3.63, 3.8) is 0 Å². The molecule has 0 radical (unpaired) electrons. The molecule has 0 amide bonds. The second kappa shape index (κ2) is 12.0. The van der Waals surface area contributed by atoms with Gasteiger partial charge < -0.3 is 15.5 Å². The normalized spacial score (nSPS) is 18.7. The van der Waals surface area contributed by atoms with Gasteiger partial charge in [0.05, 0.1) is 0 Å². The lowest BCUT2D eigenvalue weighted by Gasteiger charge is -2.34. The van der Waals surface area contributed by atoms with Gasteiger partial charge in [-0.15, -0.1) is 0 Å². The third-order valence-electron chi connectivity index (χ3n) is 6.91. The van der Waals surface area contributed by atoms with Gasteiger partial charge in [0.25, 0.3) is 0 Å². The van der Waals surface area contributed by atoms with Crippen LogP contribution in [-0.4, -0.2) is 55.1 Å². The second-order valence-corrected chi connectivity index (χ2v) is 9.43. The van der Waals surface area contributed by atoms with E-state index in [0.717, 1.165) is 56.5 Å². The number of hydrogen-bond acceptors (Lipinski definition) is 4. The molecule has 33 heavy (non-hydrogen) atoms. The van der Waals surface area contributed by atoms with E-state index in [9.17, 15) is 0 Å². The molecule has 2 fully saturated rings. The fourth-order valence-electron chi connectivity index (χ4n) is 4.94. The maximum atomic E-state index is 4.68. The zero-order valence-electron chi connectivity index (χ0n) is 20.4. The van der Waals surface area contributed by atoms with Crippen molar-refractivity contribution in [2.75, 3.05) is 38.1 Å². The Morgan fingerprint density at radius 1 is 0.939 bits per heavy atom. The maximum Gasteiger partial charge on any atom is 0.191 e. The van der Waals surface area contributed by atoms with Crippen LogP contribution in [0.2, 0.25) is 0 Å². The summed E-state index contributed by atoms with van der Waals surface area (Å²) < 4.78 is 0. The van der Waals surface area contributed by atoms with Crippen molar-refractivity contribution in [1.82, 2.24) is 20.5 Å². The number of benzene rings is 1. The summed E-state index contributed by atoms with van der Waals surface area (Å²) in [7, 11) is 1.87.